The smallest absolute Gasteiger partial charge is 0.239 e. The van der Waals surface area contributed by atoms with E-state index < -0.39 is 29.1 Å². The van der Waals surface area contributed by atoms with Gasteiger partial charge >= 0.3 is 12.4 Å². The lowest BCUT2D eigenvalue weighted by Gasteiger charge is -2.20. The lowest BCUT2D eigenvalue weighted by molar-refractivity contribution is -0.0886. The number of halogens is 6. The van der Waals surface area contributed by atoms with Gasteiger partial charge in [0.25, 0.3) is 0 Å². The summed E-state index contributed by atoms with van der Waals surface area (Å²) in [5, 5.41) is 42.8. The van der Waals surface area contributed by atoms with Gasteiger partial charge in [0.1, 0.15) is 6.07 Å². The zero-order chi connectivity index (χ0) is 54.7. The van der Waals surface area contributed by atoms with E-state index in [1.54, 1.807) is 30.3 Å². The van der Waals surface area contributed by atoms with Gasteiger partial charge in [-0.25, -0.2) is 19.4 Å². The highest BCUT2D eigenvalue weighted by molar-refractivity contribution is 6.08. The van der Waals surface area contributed by atoms with Gasteiger partial charge in [0.05, 0.1) is 66.8 Å². The van der Waals surface area contributed by atoms with Crippen LogP contribution >= 0.6 is 0 Å². The molecule has 0 heterocycles. The molecule has 2 aliphatic carbocycles. The molecule has 0 unspecified atom stereocenters. The van der Waals surface area contributed by atoms with Gasteiger partial charge in [0, 0.05) is 11.1 Å². The third kappa shape index (κ3) is 11.4. The Balaban J connectivity index is 2.33. The molecule has 8 nitrogen and oxygen atoms in total. The first-order valence-corrected chi connectivity index (χ1v) is 21.0. The Hall–Kier alpha value is -11.0. The number of hydrogen-bond donors (Lipinski definition) is 0. The Labute approximate surface area is 423 Å². The van der Waals surface area contributed by atoms with E-state index in [9.17, 15) is 47.4 Å². The molecule has 0 amide bonds. The number of benzene rings is 3. The van der Waals surface area contributed by atoms with Gasteiger partial charge in [-0.1, -0.05) is 137 Å². The van der Waals surface area contributed by atoms with Gasteiger partial charge in [0.15, 0.2) is 11.4 Å². The molecule has 2 aliphatic rings. The van der Waals surface area contributed by atoms with Crippen LogP contribution in [-0.2, 0) is 0 Å². The van der Waals surface area contributed by atoms with Crippen LogP contribution in [0.1, 0.15) is 27.8 Å². The Morgan fingerprint density at radius 1 is 0.581 bits per heavy atom. The molecule has 5 rings (SSSR count). The molecule has 74 heavy (non-hydrogen) atoms. The molecule has 3 aromatic rings. The first-order valence-electron chi connectivity index (χ1n) is 21.0. The third-order valence-corrected chi connectivity index (χ3v) is 11.0. The van der Waals surface area contributed by atoms with E-state index in [2.05, 4.69) is 71.0 Å². The van der Waals surface area contributed by atoms with Gasteiger partial charge in [-0.2, -0.15) is 47.4 Å². The summed E-state index contributed by atoms with van der Waals surface area (Å²) in [6.45, 7) is 55.6. The van der Waals surface area contributed by atoms with Gasteiger partial charge in [0.2, 0.25) is 11.4 Å². The fourth-order valence-corrected chi connectivity index (χ4v) is 7.59. The van der Waals surface area contributed by atoms with Crippen molar-refractivity contribution in [2.24, 2.45) is 0 Å². The number of alkyl halides is 6. The maximum atomic E-state index is 14.2. The molecular formula is C60H32F6N8. The normalized spacial score (nSPS) is 16.7. The predicted octanol–water partition coefficient (Wildman–Crippen LogP) is 16.2. The standard InChI is InChI=1S/C60H32F6N8/c1-11-12-16-37(4)52-45(33-69)28-48(35(2)19-21-38(5)59(61,62)63)54-55(51(34-70)43-26-46(71-7)29-47(27-43)72-8)53(42-17-14-13-15-18-42)58(74-10)56(54)49(36(3)20-22-39(6)60(64,65)66)30-50(52)57(73-9)44-24-40(31-67)23-41(25-44)32-68/h11-30H,1-6H2/b16-12-,21-19-,22-20-,48-28?,49-30-,52-45+,55-51+,57-50+. The third-order valence-electron chi connectivity index (χ3n) is 11.0. The van der Waals surface area contributed by atoms with Crippen LogP contribution in [0.5, 0.6) is 0 Å². The highest BCUT2D eigenvalue weighted by Crippen LogP contribution is 2.55. The average Bonchev–Trinajstić information content (AvgIpc) is 3.74. The summed E-state index contributed by atoms with van der Waals surface area (Å²) in [5.41, 5.74) is -6.76. The second-order valence-electron chi connectivity index (χ2n) is 15.6. The monoisotopic (exact) mass is 978 g/mol. The van der Waals surface area contributed by atoms with Crippen LogP contribution in [0.25, 0.3) is 36.2 Å². The van der Waals surface area contributed by atoms with Crippen molar-refractivity contribution in [2.45, 2.75) is 12.4 Å². The van der Waals surface area contributed by atoms with Crippen molar-refractivity contribution in [1.82, 2.24) is 0 Å². The zero-order valence-electron chi connectivity index (χ0n) is 38.6. The van der Waals surface area contributed by atoms with Crippen molar-refractivity contribution in [3.8, 4) is 24.3 Å². The van der Waals surface area contributed by atoms with E-state index in [0.29, 0.717) is 12.2 Å². The quantitative estimate of drug-likeness (QED) is 0.0778. The molecule has 0 aromatic heterocycles. The molecule has 0 radical (unpaired) electrons. The zero-order valence-corrected chi connectivity index (χ0v) is 38.6. The summed E-state index contributed by atoms with van der Waals surface area (Å²) >= 11 is 0. The Bertz CT molecular complexity index is 3690. The van der Waals surface area contributed by atoms with Crippen molar-refractivity contribution < 1.29 is 26.3 Å². The Kier molecular flexibility index (Phi) is 16.5. The first-order chi connectivity index (χ1) is 35.2. The van der Waals surface area contributed by atoms with Crippen molar-refractivity contribution >= 4 is 28.2 Å². The number of allylic oxidation sites excluding steroid dienone is 23. The summed E-state index contributed by atoms with van der Waals surface area (Å²) in [6.07, 6.45) is -0.387. The molecule has 0 aliphatic heterocycles. The van der Waals surface area contributed by atoms with E-state index >= 15 is 0 Å². The minimum atomic E-state index is -4.97. The molecule has 354 valence electrons. The lowest BCUT2D eigenvalue weighted by atomic mass is 9.82. The second kappa shape index (κ2) is 22.6. The van der Waals surface area contributed by atoms with Crippen molar-refractivity contribution in [1.29, 1.82) is 21.0 Å². The SMILES string of the molecule is [C-]#[N+]C1=C(c2ccccc2)/C(=C(/C#N)c2cc([N+]#[C-])cc([N+]#[C-])c2)C2=C1\C(C(=C)/C=C\C(=C)C(F)(F)F)=C/C(=C(\[N+]#[C-])c1cc(C#N)cc(C#N)c1)C(/C(=C)/C=C\C=C)=C(/C#N)C=C2C(=C)/C=C\C(=C)C(F)(F)F. The largest absolute Gasteiger partial charge is 0.415 e. The highest BCUT2D eigenvalue weighted by atomic mass is 19.4. The Morgan fingerprint density at radius 2 is 1.12 bits per heavy atom. The van der Waals surface area contributed by atoms with Gasteiger partial charge in [-0.05, 0) is 102 Å². The van der Waals surface area contributed by atoms with Crippen LogP contribution in [-0.4, -0.2) is 12.4 Å². The number of rotatable bonds is 12. The number of hydrogen-bond acceptors (Lipinski definition) is 4. The van der Waals surface area contributed by atoms with E-state index in [-0.39, 0.29) is 117 Å². The Morgan fingerprint density at radius 3 is 1.57 bits per heavy atom. The minimum Gasteiger partial charge on any atom is -0.239 e. The molecule has 0 bridgehead atoms. The molecule has 0 saturated heterocycles. The summed E-state index contributed by atoms with van der Waals surface area (Å²) in [6, 6.07) is 23.6. The van der Waals surface area contributed by atoms with Crippen LogP contribution < -0.4 is 0 Å². The fourth-order valence-electron chi connectivity index (χ4n) is 7.59. The maximum absolute atomic E-state index is 14.2. The molecule has 0 fully saturated rings. The van der Waals surface area contributed by atoms with Crippen LogP contribution in [0.3, 0.4) is 0 Å². The summed E-state index contributed by atoms with van der Waals surface area (Å²) in [5.74, 6) is 0. The average molecular weight is 979 g/mol. The van der Waals surface area contributed by atoms with Crippen molar-refractivity contribution in [2.75, 3.05) is 0 Å². The van der Waals surface area contributed by atoms with Crippen LogP contribution in [0.2, 0.25) is 0 Å². The molecule has 3 aromatic carbocycles. The van der Waals surface area contributed by atoms with E-state index in [1.807, 2.05) is 12.1 Å². The molecule has 0 N–H and O–H groups in total. The second-order valence-corrected chi connectivity index (χ2v) is 15.6. The molecular weight excluding hydrogens is 947 g/mol. The maximum Gasteiger partial charge on any atom is 0.415 e. The topological polar surface area (TPSA) is 113 Å². The predicted molar refractivity (Wildman–Crippen MR) is 272 cm³/mol. The molecule has 0 atom stereocenters. The first kappa shape index (κ1) is 53.9. The van der Waals surface area contributed by atoms with E-state index in [4.69, 9.17) is 26.3 Å². The molecule has 14 heteroatoms. The lowest BCUT2D eigenvalue weighted by Crippen LogP contribution is -2.08. The van der Waals surface area contributed by atoms with E-state index in [0.717, 1.165) is 12.2 Å². The van der Waals surface area contributed by atoms with Crippen LogP contribution in [0.15, 0.2) is 239 Å². The summed E-state index contributed by atoms with van der Waals surface area (Å²) in [7, 11) is 0. The molecule has 0 spiro atoms. The number of nitriles is 4. The highest BCUT2D eigenvalue weighted by Gasteiger charge is 2.39. The van der Waals surface area contributed by atoms with Crippen molar-refractivity contribution in [3.63, 3.8) is 0 Å². The summed E-state index contributed by atoms with van der Waals surface area (Å²) in [4.78, 5) is 14.8. The van der Waals surface area contributed by atoms with Gasteiger partial charge in [-0.15, -0.1) is 0 Å². The van der Waals surface area contributed by atoms with Gasteiger partial charge in [-0.3, -0.25) is 0 Å². The fraction of sp³-hybridized carbons (Fsp3) is 0.0333. The van der Waals surface area contributed by atoms with Gasteiger partial charge < -0.3 is 0 Å². The van der Waals surface area contributed by atoms with Crippen molar-refractivity contribution in [3.05, 3.63) is 313 Å². The van der Waals surface area contributed by atoms with E-state index in [1.165, 1.54) is 66.8 Å². The molecule has 0 saturated carbocycles. The van der Waals surface area contributed by atoms with Crippen LogP contribution in [0.4, 0.5) is 37.7 Å². The minimum absolute atomic E-state index is 0.0389. The van der Waals surface area contributed by atoms with Crippen LogP contribution in [0, 0.1) is 71.6 Å². The number of nitrogens with zero attached hydrogens (tertiary/aromatic N) is 8. The summed E-state index contributed by atoms with van der Waals surface area (Å²) < 4.78 is 84.8.